The second kappa shape index (κ2) is 12.2. The fourth-order valence-electron chi connectivity index (χ4n) is 3.40. The lowest BCUT2D eigenvalue weighted by Crippen LogP contribution is -2.75. The average molecular weight is 496 g/mol. The largest absolute Gasteiger partial charge is 0.463 e. The second-order valence-corrected chi connectivity index (χ2v) is 7.57. The van der Waals surface area contributed by atoms with Crippen molar-refractivity contribution < 1.29 is 52.8 Å². The van der Waals surface area contributed by atoms with Crippen LogP contribution in [0.15, 0.2) is 30.3 Å². The number of rotatable bonds is 9. The van der Waals surface area contributed by atoms with E-state index < -0.39 is 73.2 Å². The zero-order chi connectivity index (χ0) is 26.2. The van der Waals surface area contributed by atoms with Crippen LogP contribution in [0.25, 0.3) is 0 Å². The molecule has 0 aromatic heterocycles. The molecular weight excluding hydrogens is 468 g/mol. The van der Waals surface area contributed by atoms with Crippen molar-refractivity contribution in [2.75, 3.05) is 20.3 Å². The van der Waals surface area contributed by atoms with Crippen molar-refractivity contribution in [2.24, 2.45) is 0 Å². The van der Waals surface area contributed by atoms with Gasteiger partial charge in [0.2, 0.25) is 17.9 Å². The molecule has 1 heterocycles. The lowest BCUT2D eigenvalue weighted by molar-refractivity contribution is -0.344. The molecule has 1 aromatic carbocycles. The Morgan fingerprint density at radius 2 is 1.63 bits per heavy atom. The van der Waals surface area contributed by atoms with Gasteiger partial charge in [-0.2, -0.15) is 0 Å². The maximum absolute atomic E-state index is 12.7. The summed E-state index contributed by atoms with van der Waals surface area (Å²) in [4.78, 5) is 59.8. The summed E-state index contributed by atoms with van der Waals surface area (Å²) >= 11 is 0. The molecule has 0 saturated carbocycles. The van der Waals surface area contributed by atoms with Gasteiger partial charge in [-0.05, 0) is 12.1 Å². The molecule has 0 bridgehead atoms. The van der Waals surface area contributed by atoms with E-state index in [9.17, 15) is 29.1 Å². The Bertz CT molecular complexity index is 939. The fourth-order valence-corrected chi connectivity index (χ4v) is 3.40. The third-order valence-corrected chi connectivity index (χ3v) is 4.80. The molecule has 1 fully saturated rings. The van der Waals surface area contributed by atoms with Crippen LogP contribution in [0.2, 0.25) is 0 Å². The number of amides is 2. The maximum Gasteiger partial charge on any atom is 0.303 e. The van der Waals surface area contributed by atoms with E-state index in [2.05, 4.69) is 10.6 Å². The number of carbonyl (C=O) groups is 5. The Morgan fingerprint density at radius 1 is 1.00 bits per heavy atom. The van der Waals surface area contributed by atoms with E-state index in [0.29, 0.717) is 5.56 Å². The highest BCUT2D eigenvalue weighted by molar-refractivity contribution is 5.96. The Kier molecular flexibility index (Phi) is 9.68. The number of esters is 3. The molecule has 2 amide bonds. The van der Waals surface area contributed by atoms with Crippen molar-refractivity contribution in [3.63, 3.8) is 0 Å². The number of carbonyl (C=O) groups excluding carboxylic acids is 5. The normalized spacial score (nSPS) is 25.6. The number of nitrogens with one attached hydrogen (secondary N) is 2. The van der Waals surface area contributed by atoms with Gasteiger partial charge in [0, 0.05) is 33.4 Å². The van der Waals surface area contributed by atoms with Crippen molar-refractivity contribution >= 4 is 29.7 Å². The lowest BCUT2D eigenvalue weighted by Gasteiger charge is -2.49. The van der Waals surface area contributed by atoms with Crippen LogP contribution >= 0.6 is 0 Å². The minimum Gasteiger partial charge on any atom is -0.463 e. The van der Waals surface area contributed by atoms with Gasteiger partial charge in [-0.1, -0.05) is 18.2 Å². The summed E-state index contributed by atoms with van der Waals surface area (Å²) < 4.78 is 26.1. The first-order chi connectivity index (χ1) is 16.5. The van der Waals surface area contributed by atoms with Crippen LogP contribution in [0.4, 0.5) is 0 Å². The van der Waals surface area contributed by atoms with Crippen LogP contribution in [0.3, 0.4) is 0 Å². The molecular formula is C22H28N2O11. The molecule has 35 heavy (non-hydrogen) atoms. The first-order valence-corrected chi connectivity index (χ1v) is 10.5. The highest BCUT2D eigenvalue weighted by Crippen LogP contribution is 2.33. The number of hydrogen-bond acceptors (Lipinski definition) is 11. The van der Waals surface area contributed by atoms with Crippen molar-refractivity contribution in [3.05, 3.63) is 35.9 Å². The van der Waals surface area contributed by atoms with Crippen LogP contribution in [-0.4, -0.2) is 85.4 Å². The van der Waals surface area contributed by atoms with E-state index in [1.807, 2.05) is 0 Å². The molecule has 5 atom stereocenters. The van der Waals surface area contributed by atoms with Gasteiger partial charge in [-0.15, -0.1) is 0 Å². The summed E-state index contributed by atoms with van der Waals surface area (Å²) in [7, 11) is 1.14. The lowest BCUT2D eigenvalue weighted by atomic mass is 9.92. The topological polar surface area (TPSA) is 176 Å². The van der Waals surface area contributed by atoms with Gasteiger partial charge < -0.3 is 39.4 Å². The van der Waals surface area contributed by atoms with Gasteiger partial charge >= 0.3 is 17.9 Å². The molecule has 1 saturated heterocycles. The van der Waals surface area contributed by atoms with E-state index in [1.54, 1.807) is 30.3 Å². The van der Waals surface area contributed by atoms with Gasteiger partial charge in [0.05, 0.1) is 6.54 Å². The number of aliphatic hydroxyl groups is 1. The minimum atomic E-state index is -2.57. The van der Waals surface area contributed by atoms with Crippen LogP contribution in [0, 0.1) is 0 Å². The molecule has 3 N–H and O–H groups in total. The standard InChI is InChI=1S/C22H28N2O11/c1-12(25)32-11-16-18(33-13(2)26)19(34-14(3)27)22(30,21(31-4)35-16)24-17(28)10-23-20(29)15-8-6-5-7-9-15/h5-9,16,18-19,21,30H,10-11H2,1-4H3,(H,23,29)(H,24,28)/t16-,18-,19+,21-,22-/m1/s1. The first-order valence-electron chi connectivity index (χ1n) is 10.5. The Labute approximate surface area is 201 Å². The van der Waals surface area contributed by atoms with E-state index in [-0.39, 0.29) is 0 Å². The number of ether oxygens (including phenoxy) is 5. The maximum atomic E-state index is 12.7. The van der Waals surface area contributed by atoms with Gasteiger partial charge in [-0.25, -0.2) is 0 Å². The molecule has 0 spiro atoms. The Balaban J connectivity index is 2.28. The van der Waals surface area contributed by atoms with Crippen LogP contribution in [-0.2, 0) is 42.9 Å². The molecule has 0 unspecified atom stereocenters. The van der Waals surface area contributed by atoms with E-state index >= 15 is 0 Å². The Hall–Kier alpha value is -3.55. The first kappa shape index (κ1) is 27.7. The van der Waals surface area contributed by atoms with Crippen LogP contribution in [0.5, 0.6) is 0 Å². The zero-order valence-electron chi connectivity index (χ0n) is 19.6. The van der Waals surface area contributed by atoms with E-state index in [4.69, 9.17) is 23.7 Å². The van der Waals surface area contributed by atoms with Crippen molar-refractivity contribution in [1.82, 2.24) is 10.6 Å². The van der Waals surface area contributed by atoms with Gasteiger partial charge in [0.15, 0.2) is 12.2 Å². The quantitative estimate of drug-likeness (QED) is 0.218. The van der Waals surface area contributed by atoms with Gasteiger partial charge in [0.1, 0.15) is 12.7 Å². The zero-order valence-corrected chi connectivity index (χ0v) is 19.6. The monoisotopic (exact) mass is 496 g/mol. The fraction of sp³-hybridized carbons (Fsp3) is 0.500. The highest BCUT2D eigenvalue weighted by atomic mass is 16.7. The molecule has 1 aliphatic heterocycles. The molecule has 2 rings (SSSR count). The van der Waals surface area contributed by atoms with Crippen molar-refractivity contribution in [2.45, 2.75) is 51.1 Å². The predicted molar refractivity (Wildman–Crippen MR) is 115 cm³/mol. The van der Waals surface area contributed by atoms with Crippen molar-refractivity contribution in [1.29, 1.82) is 0 Å². The molecule has 13 nitrogen and oxygen atoms in total. The van der Waals surface area contributed by atoms with Crippen LogP contribution < -0.4 is 10.6 Å². The number of benzene rings is 1. The number of hydrogen-bond donors (Lipinski definition) is 3. The minimum absolute atomic E-state index is 0.302. The summed E-state index contributed by atoms with van der Waals surface area (Å²) in [5, 5.41) is 16.0. The predicted octanol–water partition coefficient (Wildman–Crippen LogP) is -0.981. The summed E-state index contributed by atoms with van der Waals surface area (Å²) in [6.07, 6.45) is -6.14. The van der Waals surface area contributed by atoms with E-state index in [1.165, 1.54) is 0 Å². The van der Waals surface area contributed by atoms with Gasteiger partial charge in [0.25, 0.3) is 5.91 Å². The third kappa shape index (κ3) is 7.47. The highest BCUT2D eigenvalue weighted by Gasteiger charge is 2.61. The second-order valence-electron chi connectivity index (χ2n) is 7.57. The Morgan fingerprint density at radius 3 is 2.17 bits per heavy atom. The van der Waals surface area contributed by atoms with Crippen molar-refractivity contribution in [3.8, 4) is 0 Å². The van der Waals surface area contributed by atoms with Crippen LogP contribution in [0.1, 0.15) is 31.1 Å². The number of methoxy groups -OCH3 is 1. The van der Waals surface area contributed by atoms with E-state index in [0.717, 1.165) is 27.9 Å². The van der Waals surface area contributed by atoms with Gasteiger partial charge in [-0.3, -0.25) is 24.0 Å². The molecule has 1 aromatic rings. The molecule has 192 valence electrons. The molecule has 13 heteroatoms. The molecule has 0 radical (unpaired) electrons. The SMILES string of the molecule is CO[C@@H]1O[C@H](COC(C)=O)[C@@H](OC(C)=O)[C@H](OC(C)=O)[C@]1(O)NC(=O)CNC(=O)c1ccccc1. The smallest absolute Gasteiger partial charge is 0.303 e. The molecule has 0 aliphatic carbocycles. The summed E-state index contributed by atoms with van der Waals surface area (Å²) in [5.41, 5.74) is -2.27. The summed E-state index contributed by atoms with van der Waals surface area (Å²) in [6, 6.07) is 8.09. The third-order valence-electron chi connectivity index (χ3n) is 4.80. The summed E-state index contributed by atoms with van der Waals surface area (Å²) in [5.74, 6) is -3.84. The summed E-state index contributed by atoms with van der Waals surface area (Å²) in [6.45, 7) is 2.22. The molecule has 1 aliphatic rings. The average Bonchev–Trinajstić information content (AvgIpc) is 2.79.